The van der Waals surface area contributed by atoms with Crippen molar-refractivity contribution in [3.05, 3.63) is 0 Å². The van der Waals surface area contributed by atoms with E-state index in [1.54, 1.807) is 20.8 Å². The summed E-state index contributed by atoms with van der Waals surface area (Å²) in [6, 6.07) is -0.259. The summed E-state index contributed by atoms with van der Waals surface area (Å²) in [7, 11) is 0. The average molecular weight is 213 g/mol. The minimum atomic E-state index is -0.523. The summed E-state index contributed by atoms with van der Waals surface area (Å²) >= 11 is 0. The molecule has 1 saturated heterocycles. The van der Waals surface area contributed by atoms with Gasteiger partial charge in [-0.05, 0) is 40.0 Å². The summed E-state index contributed by atoms with van der Waals surface area (Å²) in [5.41, 5.74) is -0.523. The Labute approximate surface area is 90.5 Å². The van der Waals surface area contributed by atoms with Crippen molar-refractivity contribution < 1.29 is 14.4 Å². The molecule has 0 unspecified atom stereocenters. The van der Waals surface area contributed by atoms with Crippen LogP contribution >= 0.6 is 0 Å². The summed E-state index contributed by atoms with van der Waals surface area (Å²) in [6.07, 6.45) is 3.63. The Morgan fingerprint density at radius 3 is 2.60 bits per heavy atom. The molecule has 1 heterocycles. The van der Waals surface area contributed by atoms with E-state index < -0.39 is 5.41 Å². The molecule has 4 nitrogen and oxygen atoms in total. The minimum Gasteiger partial charge on any atom is -0.367 e. The van der Waals surface area contributed by atoms with Crippen LogP contribution in [0.5, 0.6) is 0 Å². The maximum absolute atomic E-state index is 11.6. The Kier molecular flexibility index (Phi) is 3.85. The second kappa shape index (κ2) is 4.75. The zero-order chi connectivity index (χ0) is 11.5. The zero-order valence-corrected chi connectivity index (χ0v) is 9.66. The van der Waals surface area contributed by atoms with Crippen LogP contribution in [-0.2, 0) is 14.4 Å². The summed E-state index contributed by atoms with van der Waals surface area (Å²) in [5.74, 6) is -0.281. The minimum absolute atomic E-state index is 0.259. The van der Waals surface area contributed by atoms with Crippen LogP contribution in [0.2, 0.25) is 0 Å². The van der Waals surface area contributed by atoms with Gasteiger partial charge >= 0.3 is 5.97 Å². The highest BCUT2D eigenvalue weighted by Crippen LogP contribution is 2.20. The van der Waals surface area contributed by atoms with Gasteiger partial charge in [0, 0.05) is 6.54 Å². The topological polar surface area (TPSA) is 46.6 Å². The molecule has 1 fully saturated rings. The molecule has 0 bridgehead atoms. The van der Waals surface area contributed by atoms with E-state index in [9.17, 15) is 9.59 Å². The fraction of sp³-hybridized carbons (Fsp3) is 0.818. The van der Waals surface area contributed by atoms with Crippen molar-refractivity contribution in [3.8, 4) is 0 Å². The standard InChI is InChI=1S/C11H19NO3/c1-11(2,3)10(14)15-12-7-5-4-6-9(12)8-13/h8-9H,4-7H2,1-3H3/t9-/m0/s1. The molecule has 4 heteroatoms. The van der Waals surface area contributed by atoms with Gasteiger partial charge in [0.25, 0.3) is 0 Å². The Morgan fingerprint density at radius 2 is 2.07 bits per heavy atom. The van der Waals surface area contributed by atoms with E-state index in [4.69, 9.17) is 4.84 Å². The van der Waals surface area contributed by atoms with E-state index in [0.29, 0.717) is 6.54 Å². The van der Waals surface area contributed by atoms with Gasteiger partial charge in [0.1, 0.15) is 12.3 Å². The molecule has 1 rings (SSSR count). The quantitative estimate of drug-likeness (QED) is 0.653. The molecule has 1 aliphatic rings. The van der Waals surface area contributed by atoms with Gasteiger partial charge in [-0.25, -0.2) is 4.79 Å². The number of hydrogen-bond acceptors (Lipinski definition) is 4. The summed E-state index contributed by atoms with van der Waals surface area (Å²) in [6.45, 7) is 6.06. The van der Waals surface area contributed by atoms with Gasteiger partial charge in [-0.1, -0.05) is 0 Å². The maximum Gasteiger partial charge on any atom is 0.330 e. The fourth-order valence-corrected chi connectivity index (χ4v) is 1.42. The highest BCUT2D eigenvalue weighted by molar-refractivity contribution is 5.75. The van der Waals surface area contributed by atoms with Gasteiger partial charge < -0.3 is 9.63 Å². The van der Waals surface area contributed by atoms with Gasteiger partial charge in [-0.15, -0.1) is 5.06 Å². The van der Waals surface area contributed by atoms with E-state index in [1.165, 1.54) is 5.06 Å². The number of hydroxylamine groups is 2. The molecule has 0 saturated carbocycles. The number of nitrogens with zero attached hydrogens (tertiary/aromatic N) is 1. The van der Waals surface area contributed by atoms with Crippen molar-refractivity contribution >= 4 is 12.3 Å². The maximum atomic E-state index is 11.6. The highest BCUT2D eigenvalue weighted by Gasteiger charge is 2.30. The zero-order valence-electron chi connectivity index (χ0n) is 9.66. The molecule has 0 amide bonds. The molecule has 15 heavy (non-hydrogen) atoms. The van der Waals surface area contributed by atoms with Crippen molar-refractivity contribution in [2.24, 2.45) is 5.41 Å². The van der Waals surface area contributed by atoms with Crippen LogP contribution in [0.15, 0.2) is 0 Å². The first kappa shape index (κ1) is 12.2. The molecule has 0 aromatic rings. The number of hydrogen-bond donors (Lipinski definition) is 0. The number of piperidine rings is 1. The van der Waals surface area contributed by atoms with Crippen molar-refractivity contribution in [2.75, 3.05) is 6.54 Å². The lowest BCUT2D eigenvalue weighted by molar-refractivity contribution is -0.214. The van der Waals surface area contributed by atoms with Gasteiger partial charge in [-0.3, -0.25) is 0 Å². The summed E-state index contributed by atoms with van der Waals surface area (Å²) < 4.78 is 0. The predicted molar refractivity (Wildman–Crippen MR) is 56.0 cm³/mol. The van der Waals surface area contributed by atoms with Crippen LogP contribution in [0.25, 0.3) is 0 Å². The lowest BCUT2D eigenvalue weighted by Gasteiger charge is -2.32. The van der Waals surface area contributed by atoms with E-state index in [1.807, 2.05) is 0 Å². The average Bonchev–Trinajstić information content (AvgIpc) is 2.17. The number of carbonyl (C=O) groups excluding carboxylic acids is 2. The molecule has 1 atom stereocenters. The largest absolute Gasteiger partial charge is 0.367 e. The SMILES string of the molecule is CC(C)(C)C(=O)ON1CCCC[C@H]1C=O. The molecular weight excluding hydrogens is 194 g/mol. The van der Waals surface area contributed by atoms with Crippen LogP contribution in [0, 0.1) is 5.41 Å². The van der Waals surface area contributed by atoms with Gasteiger partial charge in [0.2, 0.25) is 0 Å². The molecule has 0 aromatic carbocycles. The van der Waals surface area contributed by atoms with Crippen molar-refractivity contribution in [1.82, 2.24) is 5.06 Å². The number of carbonyl (C=O) groups is 2. The van der Waals surface area contributed by atoms with Crippen LogP contribution < -0.4 is 0 Å². The molecule has 86 valence electrons. The Hall–Kier alpha value is -0.900. The molecule has 0 spiro atoms. The second-order valence-corrected chi connectivity index (χ2v) is 4.97. The third-order valence-electron chi connectivity index (χ3n) is 2.47. The van der Waals surface area contributed by atoms with Crippen molar-refractivity contribution in [2.45, 2.75) is 46.1 Å². The normalized spacial score (nSPS) is 23.5. The highest BCUT2D eigenvalue weighted by atomic mass is 16.7. The van der Waals surface area contributed by atoms with Crippen molar-refractivity contribution in [1.29, 1.82) is 0 Å². The van der Waals surface area contributed by atoms with Crippen LogP contribution in [0.1, 0.15) is 40.0 Å². The monoisotopic (exact) mass is 213 g/mol. The molecule has 0 N–H and O–H groups in total. The summed E-state index contributed by atoms with van der Waals surface area (Å²) in [5, 5.41) is 1.52. The molecule has 0 aliphatic carbocycles. The fourth-order valence-electron chi connectivity index (χ4n) is 1.42. The van der Waals surface area contributed by atoms with Crippen molar-refractivity contribution in [3.63, 3.8) is 0 Å². The van der Waals surface area contributed by atoms with Crippen LogP contribution in [-0.4, -0.2) is 29.9 Å². The Morgan fingerprint density at radius 1 is 1.40 bits per heavy atom. The number of aldehydes is 1. The van der Waals surface area contributed by atoms with Crippen LogP contribution in [0.4, 0.5) is 0 Å². The molecule has 0 radical (unpaired) electrons. The van der Waals surface area contributed by atoms with Gasteiger partial charge in [-0.2, -0.15) is 0 Å². The first-order valence-corrected chi connectivity index (χ1v) is 5.39. The van der Waals surface area contributed by atoms with Gasteiger partial charge in [0.15, 0.2) is 0 Å². The predicted octanol–water partition coefficient (Wildman–Crippen LogP) is 1.54. The first-order valence-electron chi connectivity index (χ1n) is 5.39. The third kappa shape index (κ3) is 3.30. The third-order valence-corrected chi connectivity index (χ3v) is 2.47. The molecular formula is C11H19NO3. The van der Waals surface area contributed by atoms with E-state index in [-0.39, 0.29) is 12.0 Å². The number of rotatable bonds is 2. The first-order chi connectivity index (χ1) is 6.95. The lowest BCUT2D eigenvalue weighted by Crippen LogP contribution is -2.43. The Bertz CT molecular complexity index is 245. The van der Waals surface area contributed by atoms with Gasteiger partial charge in [0.05, 0.1) is 5.41 Å². The molecule has 1 aliphatic heterocycles. The summed E-state index contributed by atoms with van der Waals surface area (Å²) in [4.78, 5) is 27.6. The Balaban J connectivity index is 2.55. The van der Waals surface area contributed by atoms with E-state index >= 15 is 0 Å². The lowest BCUT2D eigenvalue weighted by atomic mass is 9.97. The van der Waals surface area contributed by atoms with E-state index in [2.05, 4.69) is 0 Å². The van der Waals surface area contributed by atoms with Crippen LogP contribution in [0.3, 0.4) is 0 Å². The second-order valence-electron chi connectivity index (χ2n) is 4.97. The smallest absolute Gasteiger partial charge is 0.330 e. The molecule has 0 aromatic heterocycles. The van der Waals surface area contributed by atoms with E-state index in [0.717, 1.165) is 25.5 Å².